The highest BCUT2D eigenvalue weighted by molar-refractivity contribution is 9.10. The number of hydrogen-bond acceptors (Lipinski definition) is 3. The van der Waals surface area contributed by atoms with Gasteiger partial charge in [-0.15, -0.1) is 0 Å². The number of aliphatic hydroxyl groups excluding tert-OH is 1. The smallest absolute Gasteiger partial charge is 0.120 e. The number of halogens is 1. The molecule has 0 amide bonds. The minimum absolute atomic E-state index is 0.133. The Morgan fingerprint density at radius 2 is 1.89 bits per heavy atom. The van der Waals surface area contributed by atoms with Gasteiger partial charge in [-0.25, -0.2) is 0 Å². The summed E-state index contributed by atoms with van der Waals surface area (Å²) in [4.78, 5) is 0. The van der Waals surface area contributed by atoms with Gasteiger partial charge in [-0.1, -0.05) is 34.1 Å². The number of rotatable bonds is 4. The minimum atomic E-state index is -0.768. The van der Waals surface area contributed by atoms with Gasteiger partial charge in [-0.2, -0.15) is 0 Å². The highest BCUT2D eigenvalue weighted by Crippen LogP contribution is 2.21. The van der Waals surface area contributed by atoms with Crippen LogP contribution in [-0.4, -0.2) is 16.8 Å². The number of aromatic hydroxyl groups is 1. The van der Waals surface area contributed by atoms with E-state index >= 15 is 0 Å². The summed E-state index contributed by atoms with van der Waals surface area (Å²) in [6, 6.07) is 13.9. The van der Waals surface area contributed by atoms with Crippen LogP contribution in [0.15, 0.2) is 53.0 Å². The van der Waals surface area contributed by atoms with E-state index in [9.17, 15) is 10.2 Å². The van der Waals surface area contributed by atoms with Gasteiger partial charge in [0.25, 0.3) is 0 Å². The third-order valence-corrected chi connectivity index (χ3v) is 2.95. The summed E-state index contributed by atoms with van der Waals surface area (Å²) in [6.07, 6.45) is -0.768. The Morgan fingerprint density at radius 1 is 1.11 bits per heavy atom. The molecule has 0 aromatic heterocycles. The van der Waals surface area contributed by atoms with Crippen LogP contribution < -0.4 is 4.74 Å². The fraction of sp³-hybridized carbons (Fsp3) is 0.143. The van der Waals surface area contributed by atoms with Crippen LogP contribution >= 0.6 is 15.9 Å². The number of ether oxygens (including phenoxy) is 1. The molecule has 0 radical (unpaired) electrons. The molecule has 18 heavy (non-hydrogen) atoms. The standard InChI is InChI=1S/C14H13BrO3/c15-11-4-2-6-13(8-11)18-9-14(17)10-3-1-5-12(16)7-10/h1-8,14,16-17H,9H2. The van der Waals surface area contributed by atoms with Gasteiger partial charge in [0.15, 0.2) is 0 Å². The van der Waals surface area contributed by atoms with Gasteiger partial charge in [-0.3, -0.25) is 0 Å². The van der Waals surface area contributed by atoms with Gasteiger partial charge in [-0.05, 0) is 35.9 Å². The lowest BCUT2D eigenvalue weighted by atomic mass is 10.1. The van der Waals surface area contributed by atoms with Crippen molar-refractivity contribution in [3.8, 4) is 11.5 Å². The summed E-state index contributed by atoms with van der Waals surface area (Å²) in [7, 11) is 0. The zero-order valence-electron chi connectivity index (χ0n) is 9.58. The molecule has 1 unspecified atom stereocenters. The molecule has 0 aliphatic rings. The largest absolute Gasteiger partial charge is 0.508 e. The molecule has 2 aromatic carbocycles. The van der Waals surface area contributed by atoms with Crippen LogP contribution in [-0.2, 0) is 0 Å². The number of hydrogen-bond donors (Lipinski definition) is 2. The van der Waals surface area contributed by atoms with Crippen molar-refractivity contribution in [1.82, 2.24) is 0 Å². The van der Waals surface area contributed by atoms with Gasteiger partial charge in [0, 0.05) is 4.47 Å². The Morgan fingerprint density at radius 3 is 2.61 bits per heavy atom. The van der Waals surface area contributed by atoms with E-state index in [0.717, 1.165) is 4.47 Å². The van der Waals surface area contributed by atoms with E-state index in [1.807, 2.05) is 24.3 Å². The van der Waals surface area contributed by atoms with E-state index in [0.29, 0.717) is 11.3 Å². The topological polar surface area (TPSA) is 49.7 Å². The fourth-order valence-electron chi connectivity index (χ4n) is 1.56. The molecule has 0 aliphatic carbocycles. The molecular weight excluding hydrogens is 296 g/mol. The Hall–Kier alpha value is -1.52. The maximum Gasteiger partial charge on any atom is 0.120 e. The minimum Gasteiger partial charge on any atom is -0.508 e. The van der Waals surface area contributed by atoms with Crippen molar-refractivity contribution in [1.29, 1.82) is 0 Å². The van der Waals surface area contributed by atoms with Crippen molar-refractivity contribution in [3.63, 3.8) is 0 Å². The third kappa shape index (κ3) is 3.48. The predicted molar refractivity (Wildman–Crippen MR) is 72.7 cm³/mol. The number of benzene rings is 2. The molecule has 1 atom stereocenters. The highest BCUT2D eigenvalue weighted by atomic mass is 79.9. The van der Waals surface area contributed by atoms with Gasteiger partial charge in [0.1, 0.15) is 24.2 Å². The van der Waals surface area contributed by atoms with E-state index in [2.05, 4.69) is 15.9 Å². The zero-order chi connectivity index (χ0) is 13.0. The summed E-state index contributed by atoms with van der Waals surface area (Å²) in [6.45, 7) is 0.139. The molecule has 2 rings (SSSR count). The average Bonchev–Trinajstić information content (AvgIpc) is 2.36. The van der Waals surface area contributed by atoms with Gasteiger partial charge < -0.3 is 14.9 Å². The van der Waals surface area contributed by atoms with Crippen LogP contribution in [0.2, 0.25) is 0 Å². The first-order valence-corrected chi connectivity index (χ1v) is 6.30. The third-order valence-electron chi connectivity index (χ3n) is 2.46. The molecular formula is C14H13BrO3. The second-order valence-corrected chi connectivity index (χ2v) is 4.79. The van der Waals surface area contributed by atoms with Crippen molar-refractivity contribution in [3.05, 3.63) is 58.6 Å². The number of aliphatic hydroxyl groups is 1. The van der Waals surface area contributed by atoms with Crippen LogP contribution in [0.5, 0.6) is 11.5 Å². The zero-order valence-corrected chi connectivity index (χ0v) is 11.2. The first kappa shape index (κ1) is 12.9. The van der Waals surface area contributed by atoms with E-state index in [1.54, 1.807) is 18.2 Å². The summed E-state index contributed by atoms with van der Waals surface area (Å²) < 4.78 is 6.40. The van der Waals surface area contributed by atoms with E-state index in [-0.39, 0.29) is 12.4 Å². The lowest BCUT2D eigenvalue weighted by Gasteiger charge is -2.13. The molecule has 0 fully saturated rings. The predicted octanol–water partition coefficient (Wildman–Crippen LogP) is 3.27. The molecule has 0 saturated carbocycles. The van der Waals surface area contributed by atoms with Crippen LogP contribution in [0, 0.1) is 0 Å². The summed E-state index contributed by atoms with van der Waals surface area (Å²) in [5, 5.41) is 19.3. The molecule has 0 bridgehead atoms. The molecule has 3 nitrogen and oxygen atoms in total. The summed E-state index contributed by atoms with van der Waals surface area (Å²) >= 11 is 3.35. The quantitative estimate of drug-likeness (QED) is 0.911. The second kappa shape index (κ2) is 5.89. The van der Waals surface area contributed by atoms with Crippen molar-refractivity contribution >= 4 is 15.9 Å². The number of phenolic OH excluding ortho intramolecular Hbond substituents is 1. The molecule has 4 heteroatoms. The maximum atomic E-state index is 9.93. The maximum absolute atomic E-state index is 9.93. The average molecular weight is 309 g/mol. The Kier molecular flexibility index (Phi) is 4.23. The second-order valence-electron chi connectivity index (χ2n) is 3.88. The van der Waals surface area contributed by atoms with Crippen LogP contribution in [0.4, 0.5) is 0 Å². The normalized spacial score (nSPS) is 12.1. The van der Waals surface area contributed by atoms with Crippen LogP contribution in [0.1, 0.15) is 11.7 Å². The van der Waals surface area contributed by atoms with Crippen LogP contribution in [0.3, 0.4) is 0 Å². The molecule has 0 saturated heterocycles. The molecule has 0 aliphatic heterocycles. The van der Waals surface area contributed by atoms with Gasteiger partial charge in [0.05, 0.1) is 0 Å². The van der Waals surface area contributed by atoms with E-state index in [1.165, 1.54) is 6.07 Å². The highest BCUT2D eigenvalue weighted by Gasteiger charge is 2.09. The van der Waals surface area contributed by atoms with Gasteiger partial charge in [0.2, 0.25) is 0 Å². The lowest BCUT2D eigenvalue weighted by molar-refractivity contribution is 0.108. The molecule has 94 valence electrons. The summed E-state index contributed by atoms with van der Waals surface area (Å²) in [5.74, 6) is 0.817. The molecule has 2 aromatic rings. The molecule has 0 heterocycles. The SMILES string of the molecule is Oc1cccc(C(O)COc2cccc(Br)c2)c1. The fourth-order valence-corrected chi connectivity index (χ4v) is 1.94. The van der Waals surface area contributed by atoms with Crippen molar-refractivity contribution in [2.24, 2.45) is 0 Å². The van der Waals surface area contributed by atoms with Crippen LogP contribution in [0.25, 0.3) is 0 Å². The van der Waals surface area contributed by atoms with Gasteiger partial charge >= 0.3 is 0 Å². The number of phenols is 1. The lowest BCUT2D eigenvalue weighted by Crippen LogP contribution is -2.09. The summed E-state index contributed by atoms with van der Waals surface area (Å²) in [5.41, 5.74) is 0.630. The van der Waals surface area contributed by atoms with Crippen molar-refractivity contribution in [2.75, 3.05) is 6.61 Å². The Bertz CT molecular complexity index is 528. The first-order valence-electron chi connectivity index (χ1n) is 5.50. The van der Waals surface area contributed by atoms with E-state index < -0.39 is 6.10 Å². The first-order chi connectivity index (χ1) is 8.65. The Balaban J connectivity index is 1.98. The Labute approximate surface area is 114 Å². The molecule has 0 spiro atoms. The molecule has 2 N–H and O–H groups in total. The van der Waals surface area contributed by atoms with E-state index in [4.69, 9.17) is 4.74 Å². The van der Waals surface area contributed by atoms with Crippen molar-refractivity contribution < 1.29 is 14.9 Å². The monoisotopic (exact) mass is 308 g/mol. The van der Waals surface area contributed by atoms with Crippen molar-refractivity contribution in [2.45, 2.75) is 6.10 Å².